The molecule has 0 heterocycles. The smallest absolute Gasteiger partial charge is 0.339 e. The number of hydrogen-bond acceptors (Lipinski definition) is 1. The molecule has 0 unspecified atom stereocenters. The van der Waals surface area contributed by atoms with Gasteiger partial charge in [0, 0.05) is 11.1 Å². The molecule has 0 aliphatic rings. The first-order valence-electron chi connectivity index (χ1n) is 5.08. The molecule has 98 valence electrons. The lowest BCUT2D eigenvalue weighted by molar-refractivity contribution is 0.0693. The molecule has 0 spiro atoms. The predicted octanol–water partition coefficient (Wildman–Crippen LogP) is 4.12. The number of aromatic carboxylic acids is 1. The molecule has 2 aromatic carbocycles. The minimum Gasteiger partial charge on any atom is -0.478 e. The molecule has 0 fully saturated rings. The molecule has 0 atom stereocenters. The van der Waals surface area contributed by atoms with Crippen molar-refractivity contribution >= 4 is 17.6 Å². The second kappa shape index (κ2) is 4.93. The van der Waals surface area contributed by atoms with Gasteiger partial charge in [0.05, 0.1) is 5.02 Å². The minimum atomic E-state index is -1.52. The molecular weight excluding hydrogens is 281 g/mol. The van der Waals surface area contributed by atoms with Crippen molar-refractivity contribution in [1.29, 1.82) is 0 Å². The van der Waals surface area contributed by atoms with E-state index in [-0.39, 0.29) is 16.1 Å². The number of carboxylic acid groups (broad SMARTS) is 1. The second-order valence-corrected chi connectivity index (χ2v) is 4.12. The molecule has 2 rings (SSSR count). The van der Waals surface area contributed by atoms with E-state index in [9.17, 15) is 18.0 Å². The Kier molecular flexibility index (Phi) is 3.48. The Hall–Kier alpha value is -2.01. The minimum absolute atomic E-state index is 0.0857. The van der Waals surface area contributed by atoms with E-state index in [0.29, 0.717) is 6.07 Å². The summed E-state index contributed by atoms with van der Waals surface area (Å²) in [6, 6.07) is 4.93. The van der Waals surface area contributed by atoms with E-state index >= 15 is 0 Å². The first kappa shape index (κ1) is 13.4. The molecule has 0 saturated heterocycles. The monoisotopic (exact) mass is 286 g/mol. The van der Waals surface area contributed by atoms with Crippen LogP contribution in [0.3, 0.4) is 0 Å². The van der Waals surface area contributed by atoms with Crippen LogP contribution in [0, 0.1) is 17.5 Å². The molecule has 0 bridgehead atoms. The SMILES string of the molecule is O=C(O)c1c(F)cccc1-c1cc(F)c(F)cc1Cl. The van der Waals surface area contributed by atoms with Gasteiger partial charge in [0.1, 0.15) is 11.4 Å². The Labute approximate surface area is 111 Å². The zero-order valence-electron chi connectivity index (χ0n) is 9.25. The van der Waals surface area contributed by atoms with Crippen molar-refractivity contribution in [3.05, 3.63) is 58.4 Å². The summed E-state index contributed by atoms with van der Waals surface area (Å²) in [6.45, 7) is 0. The molecule has 2 nitrogen and oxygen atoms in total. The van der Waals surface area contributed by atoms with Crippen LogP contribution < -0.4 is 0 Å². The van der Waals surface area contributed by atoms with Gasteiger partial charge in [-0.1, -0.05) is 23.7 Å². The average molecular weight is 287 g/mol. The van der Waals surface area contributed by atoms with Gasteiger partial charge in [-0.05, 0) is 18.2 Å². The van der Waals surface area contributed by atoms with Crippen molar-refractivity contribution in [3.63, 3.8) is 0 Å². The molecule has 0 saturated carbocycles. The molecule has 0 aromatic heterocycles. The highest BCUT2D eigenvalue weighted by Crippen LogP contribution is 2.33. The van der Waals surface area contributed by atoms with Gasteiger partial charge in [-0.15, -0.1) is 0 Å². The van der Waals surface area contributed by atoms with E-state index in [1.807, 2.05) is 0 Å². The van der Waals surface area contributed by atoms with E-state index in [1.165, 1.54) is 12.1 Å². The quantitative estimate of drug-likeness (QED) is 0.843. The lowest BCUT2D eigenvalue weighted by atomic mass is 9.99. The van der Waals surface area contributed by atoms with Crippen LogP contribution in [0.4, 0.5) is 13.2 Å². The molecular formula is C13H6ClF3O2. The summed E-state index contributed by atoms with van der Waals surface area (Å²) in [5.41, 5.74) is -0.843. The second-order valence-electron chi connectivity index (χ2n) is 3.71. The third-order valence-corrected chi connectivity index (χ3v) is 2.84. The molecule has 0 radical (unpaired) electrons. The number of carboxylic acids is 1. The van der Waals surface area contributed by atoms with Crippen molar-refractivity contribution in [1.82, 2.24) is 0 Å². The van der Waals surface area contributed by atoms with Gasteiger partial charge in [-0.25, -0.2) is 18.0 Å². The van der Waals surface area contributed by atoms with Gasteiger partial charge in [0.15, 0.2) is 11.6 Å². The van der Waals surface area contributed by atoms with Gasteiger partial charge < -0.3 is 5.11 Å². The summed E-state index contributed by atoms with van der Waals surface area (Å²) in [7, 11) is 0. The Morgan fingerprint density at radius 3 is 2.26 bits per heavy atom. The highest BCUT2D eigenvalue weighted by molar-refractivity contribution is 6.33. The molecule has 6 heteroatoms. The van der Waals surface area contributed by atoms with Crippen molar-refractivity contribution in [2.24, 2.45) is 0 Å². The van der Waals surface area contributed by atoms with E-state index in [1.54, 1.807) is 0 Å². The van der Waals surface area contributed by atoms with Gasteiger partial charge >= 0.3 is 5.97 Å². The molecule has 0 aliphatic carbocycles. The summed E-state index contributed by atoms with van der Waals surface area (Å²) in [6.07, 6.45) is 0. The van der Waals surface area contributed by atoms with Crippen LogP contribution in [0.1, 0.15) is 10.4 Å². The summed E-state index contributed by atoms with van der Waals surface area (Å²) in [4.78, 5) is 11.0. The predicted molar refractivity (Wildman–Crippen MR) is 63.7 cm³/mol. The average Bonchev–Trinajstić information content (AvgIpc) is 2.33. The largest absolute Gasteiger partial charge is 0.478 e. The summed E-state index contributed by atoms with van der Waals surface area (Å²) in [5.74, 6) is -4.86. The van der Waals surface area contributed by atoms with Crippen LogP contribution in [-0.2, 0) is 0 Å². The Bertz CT molecular complexity index is 671. The molecule has 0 amide bonds. The highest BCUT2D eigenvalue weighted by atomic mass is 35.5. The van der Waals surface area contributed by atoms with Gasteiger partial charge in [-0.2, -0.15) is 0 Å². The van der Waals surface area contributed by atoms with Crippen LogP contribution in [0.5, 0.6) is 0 Å². The van der Waals surface area contributed by atoms with E-state index in [4.69, 9.17) is 16.7 Å². The fourth-order valence-electron chi connectivity index (χ4n) is 1.69. The van der Waals surface area contributed by atoms with Crippen LogP contribution in [0.25, 0.3) is 11.1 Å². The van der Waals surface area contributed by atoms with Gasteiger partial charge in [0.2, 0.25) is 0 Å². The normalized spacial score (nSPS) is 10.5. The number of rotatable bonds is 2. The summed E-state index contributed by atoms with van der Waals surface area (Å²) < 4.78 is 39.7. The van der Waals surface area contributed by atoms with Crippen molar-refractivity contribution in [2.45, 2.75) is 0 Å². The van der Waals surface area contributed by atoms with E-state index < -0.39 is 29.0 Å². The molecule has 1 N–H and O–H groups in total. The standard InChI is InChI=1S/C13H6ClF3O2/c14-8-5-11(17)10(16)4-7(8)6-2-1-3-9(15)12(6)13(18)19/h1-5H,(H,18,19). The van der Waals surface area contributed by atoms with Crippen molar-refractivity contribution in [3.8, 4) is 11.1 Å². The fourth-order valence-corrected chi connectivity index (χ4v) is 1.95. The zero-order chi connectivity index (χ0) is 14.2. The third kappa shape index (κ3) is 2.42. The van der Waals surface area contributed by atoms with Gasteiger partial charge in [-0.3, -0.25) is 0 Å². The first-order valence-corrected chi connectivity index (χ1v) is 5.46. The van der Waals surface area contributed by atoms with Crippen LogP contribution in [0.15, 0.2) is 30.3 Å². The van der Waals surface area contributed by atoms with Crippen molar-refractivity contribution in [2.75, 3.05) is 0 Å². The third-order valence-electron chi connectivity index (χ3n) is 2.53. The molecule has 19 heavy (non-hydrogen) atoms. The fraction of sp³-hybridized carbons (Fsp3) is 0. The lowest BCUT2D eigenvalue weighted by Gasteiger charge is -2.09. The first-order chi connectivity index (χ1) is 8.91. The van der Waals surface area contributed by atoms with Crippen molar-refractivity contribution < 1.29 is 23.1 Å². The number of benzene rings is 2. The highest BCUT2D eigenvalue weighted by Gasteiger charge is 2.20. The lowest BCUT2D eigenvalue weighted by Crippen LogP contribution is -2.04. The van der Waals surface area contributed by atoms with Gasteiger partial charge in [0.25, 0.3) is 0 Å². The Morgan fingerprint density at radius 2 is 1.63 bits per heavy atom. The summed E-state index contributed by atoms with van der Waals surface area (Å²) in [5, 5.41) is 8.77. The number of carbonyl (C=O) groups is 1. The molecule has 2 aromatic rings. The Balaban J connectivity index is 2.76. The Morgan fingerprint density at radius 1 is 1.00 bits per heavy atom. The number of halogens is 4. The number of hydrogen-bond donors (Lipinski definition) is 1. The van der Waals surface area contributed by atoms with Crippen LogP contribution in [0.2, 0.25) is 5.02 Å². The van der Waals surface area contributed by atoms with Crippen LogP contribution in [-0.4, -0.2) is 11.1 Å². The van der Waals surface area contributed by atoms with Crippen LogP contribution >= 0.6 is 11.6 Å². The topological polar surface area (TPSA) is 37.3 Å². The van der Waals surface area contributed by atoms with E-state index in [0.717, 1.165) is 12.1 Å². The molecule has 0 aliphatic heterocycles. The maximum Gasteiger partial charge on any atom is 0.339 e. The van der Waals surface area contributed by atoms with E-state index in [2.05, 4.69) is 0 Å². The zero-order valence-corrected chi connectivity index (χ0v) is 10.0. The summed E-state index contributed by atoms with van der Waals surface area (Å²) >= 11 is 5.74. The maximum atomic E-state index is 13.5. The maximum absolute atomic E-state index is 13.5.